The molecule has 0 saturated heterocycles. The molecule has 1 rings (SSSR count). The highest BCUT2D eigenvalue weighted by Crippen LogP contribution is 2.15. The number of ether oxygens (including phenoxy) is 1. The first-order valence-corrected chi connectivity index (χ1v) is 4.03. The summed E-state index contributed by atoms with van der Waals surface area (Å²) < 4.78 is 4.80. The molecule has 0 aromatic heterocycles. The normalized spacial score (nSPS) is 9.50. The number of esters is 1. The van der Waals surface area contributed by atoms with Crippen LogP contribution in [-0.4, -0.2) is 5.97 Å². The summed E-state index contributed by atoms with van der Waals surface area (Å²) in [7, 11) is 0. The van der Waals surface area contributed by atoms with Crippen molar-refractivity contribution in [1.29, 1.82) is 0 Å². The summed E-state index contributed by atoms with van der Waals surface area (Å²) in [5, 5.41) is 0. The average Bonchev–Trinajstić information content (AvgIpc) is 2.00. The minimum Gasteiger partial charge on any atom is -0.428 e. The number of allylic oxidation sites excluding steroid dienone is 1. The molecule has 4 nitrogen and oxygen atoms in total. The Kier molecular flexibility index (Phi) is 2.76. The summed E-state index contributed by atoms with van der Waals surface area (Å²) in [6.07, 6.45) is 0. The Bertz CT molecular complexity index is 365. The molecule has 0 amide bonds. The molecule has 14 heavy (non-hydrogen) atoms. The largest absolute Gasteiger partial charge is 0.428 e. The monoisotopic (exact) mass is 192 g/mol. The van der Waals surface area contributed by atoms with E-state index in [-0.39, 0.29) is 0 Å². The maximum absolute atomic E-state index is 11.4. The second-order valence-corrected chi connectivity index (χ2v) is 2.98. The summed E-state index contributed by atoms with van der Waals surface area (Å²) >= 11 is 0. The zero-order valence-corrected chi connectivity index (χ0v) is 7.91. The Morgan fingerprint density at radius 2 is 1.79 bits per heavy atom. The molecule has 4 N–H and O–H groups in total. The predicted octanol–water partition coefficient (Wildman–Crippen LogP) is 1.54. The van der Waals surface area contributed by atoms with E-state index in [4.69, 9.17) is 16.2 Å². The molecule has 0 fully saturated rings. The van der Waals surface area contributed by atoms with Crippen LogP contribution in [0.2, 0.25) is 0 Å². The number of hydrogen-bond donors (Lipinski definition) is 2. The van der Waals surface area contributed by atoms with Crippen molar-refractivity contribution in [2.45, 2.75) is 6.92 Å². The van der Waals surface area contributed by atoms with E-state index >= 15 is 0 Å². The molecule has 0 radical (unpaired) electrons. The van der Waals surface area contributed by atoms with E-state index in [0.29, 0.717) is 22.7 Å². The van der Waals surface area contributed by atoms with Crippen molar-refractivity contribution in [3.8, 4) is 0 Å². The van der Waals surface area contributed by atoms with Crippen LogP contribution in [0, 0.1) is 0 Å². The number of carbonyl (C=O) groups is 1. The lowest BCUT2D eigenvalue weighted by Gasteiger charge is -2.04. The van der Waals surface area contributed by atoms with E-state index in [0.717, 1.165) is 0 Å². The molecule has 0 aliphatic heterocycles. The lowest BCUT2D eigenvalue weighted by molar-refractivity contribution is 0.0628. The number of benzene rings is 1. The molecule has 0 bridgehead atoms. The van der Waals surface area contributed by atoms with Crippen LogP contribution in [0.4, 0.5) is 11.4 Å². The molecule has 0 aliphatic rings. The minimum atomic E-state index is -0.503. The molecule has 0 saturated carbocycles. The third-order valence-corrected chi connectivity index (χ3v) is 1.48. The van der Waals surface area contributed by atoms with E-state index in [1.807, 2.05) is 0 Å². The molecule has 0 spiro atoms. The van der Waals surface area contributed by atoms with Gasteiger partial charge in [0.1, 0.15) is 0 Å². The Hall–Kier alpha value is -1.97. The van der Waals surface area contributed by atoms with Crippen LogP contribution in [-0.2, 0) is 4.74 Å². The van der Waals surface area contributed by atoms with E-state index in [1.54, 1.807) is 13.0 Å². The van der Waals surface area contributed by atoms with Crippen molar-refractivity contribution < 1.29 is 9.53 Å². The Balaban J connectivity index is 2.95. The Morgan fingerprint density at radius 3 is 2.21 bits per heavy atom. The molecule has 1 aromatic rings. The fourth-order valence-electron chi connectivity index (χ4n) is 1.01. The van der Waals surface area contributed by atoms with E-state index in [9.17, 15) is 4.79 Å². The zero-order valence-electron chi connectivity index (χ0n) is 7.91. The van der Waals surface area contributed by atoms with Gasteiger partial charge in [0, 0.05) is 11.4 Å². The highest BCUT2D eigenvalue weighted by atomic mass is 16.5. The van der Waals surface area contributed by atoms with Gasteiger partial charge < -0.3 is 16.2 Å². The summed E-state index contributed by atoms with van der Waals surface area (Å²) in [5.41, 5.74) is 12.2. The van der Waals surface area contributed by atoms with Gasteiger partial charge in [-0.05, 0) is 25.1 Å². The van der Waals surface area contributed by atoms with E-state index in [1.165, 1.54) is 12.1 Å². The third-order valence-electron chi connectivity index (χ3n) is 1.48. The molecule has 1 aromatic carbocycles. The van der Waals surface area contributed by atoms with Gasteiger partial charge in [0.25, 0.3) is 0 Å². The molecule has 74 valence electrons. The maximum Gasteiger partial charge on any atom is 0.343 e. The number of nitrogen functional groups attached to an aromatic ring is 2. The quantitative estimate of drug-likeness (QED) is 0.423. The summed E-state index contributed by atoms with van der Waals surface area (Å²) in [6, 6.07) is 4.57. The predicted molar refractivity (Wildman–Crippen MR) is 55.5 cm³/mol. The average molecular weight is 192 g/mol. The van der Waals surface area contributed by atoms with Gasteiger partial charge in [0.2, 0.25) is 0 Å². The molecule has 0 aliphatic carbocycles. The van der Waals surface area contributed by atoms with Crippen LogP contribution in [0.15, 0.2) is 30.5 Å². The summed E-state index contributed by atoms with van der Waals surface area (Å²) in [5.74, 6) is -0.174. The second-order valence-electron chi connectivity index (χ2n) is 2.98. The number of hydrogen-bond acceptors (Lipinski definition) is 4. The lowest BCUT2D eigenvalue weighted by atomic mass is 10.2. The SMILES string of the molecule is C=C(C)OC(=O)c1cc(N)cc(N)c1. The number of nitrogens with two attached hydrogens (primary N) is 2. The summed E-state index contributed by atoms with van der Waals surface area (Å²) in [6.45, 7) is 5.05. The van der Waals surface area contributed by atoms with Crippen molar-refractivity contribution in [1.82, 2.24) is 0 Å². The molecular weight excluding hydrogens is 180 g/mol. The van der Waals surface area contributed by atoms with Gasteiger partial charge in [0.05, 0.1) is 11.3 Å². The molecule has 0 atom stereocenters. The van der Waals surface area contributed by atoms with Crippen LogP contribution in [0.25, 0.3) is 0 Å². The summed E-state index contributed by atoms with van der Waals surface area (Å²) in [4.78, 5) is 11.4. The van der Waals surface area contributed by atoms with Crippen LogP contribution >= 0.6 is 0 Å². The number of anilines is 2. The third kappa shape index (κ3) is 2.52. The number of rotatable bonds is 2. The molecule has 0 heterocycles. The lowest BCUT2D eigenvalue weighted by Crippen LogP contribution is -2.05. The molecule has 0 unspecified atom stereocenters. The van der Waals surface area contributed by atoms with Crippen LogP contribution < -0.4 is 11.5 Å². The van der Waals surface area contributed by atoms with E-state index in [2.05, 4.69) is 6.58 Å². The highest BCUT2D eigenvalue weighted by molar-refractivity contribution is 5.92. The first-order chi connectivity index (χ1) is 6.49. The molecular formula is C10H12N2O2. The van der Waals surface area contributed by atoms with Gasteiger partial charge in [-0.25, -0.2) is 4.79 Å². The van der Waals surface area contributed by atoms with Gasteiger partial charge in [-0.3, -0.25) is 0 Å². The zero-order chi connectivity index (χ0) is 10.7. The Morgan fingerprint density at radius 1 is 1.29 bits per heavy atom. The minimum absolute atomic E-state index is 0.325. The van der Waals surface area contributed by atoms with Crippen LogP contribution in [0.5, 0.6) is 0 Å². The van der Waals surface area contributed by atoms with Gasteiger partial charge in [-0.15, -0.1) is 0 Å². The van der Waals surface area contributed by atoms with Crippen molar-refractivity contribution in [3.05, 3.63) is 36.1 Å². The Labute approximate surface area is 82.2 Å². The topological polar surface area (TPSA) is 78.3 Å². The first kappa shape index (κ1) is 10.1. The van der Waals surface area contributed by atoms with Gasteiger partial charge in [0.15, 0.2) is 0 Å². The highest BCUT2D eigenvalue weighted by Gasteiger charge is 2.08. The fourth-order valence-corrected chi connectivity index (χ4v) is 1.01. The first-order valence-electron chi connectivity index (χ1n) is 4.03. The fraction of sp³-hybridized carbons (Fsp3) is 0.100. The van der Waals surface area contributed by atoms with Gasteiger partial charge in [-0.1, -0.05) is 6.58 Å². The van der Waals surface area contributed by atoms with Crippen LogP contribution in [0.1, 0.15) is 17.3 Å². The van der Waals surface area contributed by atoms with Gasteiger partial charge >= 0.3 is 5.97 Å². The van der Waals surface area contributed by atoms with Crippen molar-refractivity contribution >= 4 is 17.3 Å². The standard InChI is InChI=1S/C10H12N2O2/c1-6(2)14-10(13)7-3-8(11)5-9(12)4-7/h3-5H,1,11-12H2,2H3. The maximum atomic E-state index is 11.4. The molecule has 4 heteroatoms. The smallest absolute Gasteiger partial charge is 0.343 e. The second kappa shape index (κ2) is 3.83. The number of carbonyl (C=O) groups excluding carboxylic acids is 1. The van der Waals surface area contributed by atoms with Crippen molar-refractivity contribution in [3.63, 3.8) is 0 Å². The van der Waals surface area contributed by atoms with Crippen LogP contribution in [0.3, 0.4) is 0 Å². The van der Waals surface area contributed by atoms with E-state index < -0.39 is 5.97 Å². The van der Waals surface area contributed by atoms with Crippen molar-refractivity contribution in [2.75, 3.05) is 11.5 Å². The van der Waals surface area contributed by atoms with Crippen molar-refractivity contribution in [2.24, 2.45) is 0 Å². The van der Waals surface area contributed by atoms with Gasteiger partial charge in [-0.2, -0.15) is 0 Å².